The number of pyridine rings is 1. The Balaban J connectivity index is 2.10. The summed E-state index contributed by atoms with van der Waals surface area (Å²) in [6.07, 6.45) is 1.87. The maximum atomic E-state index is 11.6. The van der Waals surface area contributed by atoms with Crippen molar-refractivity contribution in [2.45, 2.75) is 12.5 Å². The van der Waals surface area contributed by atoms with Crippen LogP contribution in [-0.4, -0.2) is 35.5 Å². The van der Waals surface area contributed by atoms with Gasteiger partial charge in [-0.25, -0.2) is 4.98 Å². The normalized spacial score (nSPS) is 20.7. The van der Waals surface area contributed by atoms with E-state index in [1.54, 1.807) is 30.3 Å². The number of nitrogens with zero attached hydrogens (tertiary/aromatic N) is 2. The molecule has 80 valence electrons. The average molecular weight is 207 g/mol. The molecule has 1 aromatic rings. The largest absolute Gasteiger partial charge is 0.477 e. The van der Waals surface area contributed by atoms with Crippen LogP contribution in [-0.2, 0) is 4.79 Å². The summed E-state index contributed by atoms with van der Waals surface area (Å²) in [7, 11) is 1.76. The van der Waals surface area contributed by atoms with E-state index < -0.39 is 6.10 Å². The highest BCUT2D eigenvalue weighted by atomic mass is 16.5. The molecule has 2 rings (SSSR count). The summed E-state index contributed by atoms with van der Waals surface area (Å²) in [5, 5.41) is 0. The number of hydrogen-bond acceptors (Lipinski definition) is 4. The summed E-state index contributed by atoms with van der Waals surface area (Å²) in [6, 6.07) is 3.45. The number of carbonyl (C=O) groups excluding carboxylic acids is 1. The molecule has 0 spiro atoms. The van der Waals surface area contributed by atoms with E-state index in [1.807, 2.05) is 0 Å². The van der Waals surface area contributed by atoms with Crippen molar-refractivity contribution < 1.29 is 9.53 Å². The third kappa shape index (κ3) is 1.86. The molecule has 1 unspecified atom stereocenters. The molecule has 0 bridgehead atoms. The number of nitrogen functional groups attached to an aromatic ring is 1. The van der Waals surface area contributed by atoms with E-state index in [-0.39, 0.29) is 5.91 Å². The summed E-state index contributed by atoms with van der Waals surface area (Å²) in [5.74, 6) is 0.796. The number of likely N-dealkylation sites (N-methyl/N-ethyl adjacent to an activating group) is 1. The monoisotopic (exact) mass is 207 g/mol. The number of ether oxygens (including phenoxy) is 1. The van der Waals surface area contributed by atoms with Crippen LogP contribution < -0.4 is 10.5 Å². The first-order valence-electron chi connectivity index (χ1n) is 4.80. The molecule has 15 heavy (non-hydrogen) atoms. The van der Waals surface area contributed by atoms with Crippen molar-refractivity contribution in [2.24, 2.45) is 0 Å². The van der Waals surface area contributed by atoms with E-state index in [2.05, 4.69) is 4.98 Å². The summed E-state index contributed by atoms with van der Waals surface area (Å²) >= 11 is 0. The van der Waals surface area contributed by atoms with Gasteiger partial charge in [-0.05, 0) is 12.1 Å². The Labute approximate surface area is 87.8 Å². The van der Waals surface area contributed by atoms with E-state index in [1.165, 1.54) is 0 Å². The fourth-order valence-electron chi connectivity index (χ4n) is 1.56. The van der Waals surface area contributed by atoms with Gasteiger partial charge in [0.2, 0.25) is 0 Å². The Hall–Kier alpha value is -1.78. The SMILES string of the molecule is CN1CCC(Oc2cccnc2N)C1=O. The molecule has 1 saturated heterocycles. The van der Waals surface area contributed by atoms with Crippen molar-refractivity contribution in [3.8, 4) is 5.75 Å². The molecule has 1 aromatic heterocycles. The summed E-state index contributed by atoms with van der Waals surface area (Å²) in [5.41, 5.74) is 5.62. The minimum atomic E-state index is -0.415. The molecule has 0 aromatic carbocycles. The van der Waals surface area contributed by atoms with E-state index in [9.17, 15) is 4.79 Å². The predicted octanol–water partition coefficient (Wildman–Crippen LogP) is 0.273. The molecule has 5 heteroatoms. The Kier molecular flexibility index (Phi) is 2.45. The van der Waals surface area contributed by atoms with Crippen LogP contribution in [0.3, 0.4) is 0 Å². The maximum Gasteiger partial charge on any atom is 0.263 e. The van der Waals surface area contributed by atoms with Gasteiger partial charge in [0.05, 0.1) is 0 Å². The number of rotatable bonds is 2. The van der Waals surface area contributed by atoms with Crippen LogP contribution in [0.4, 0.5) is 5.82 Å². The van der Waals surface area contributed by atoms with Crippen molar-refractivity contribution in [2.75, 3.05) is 19.3 Å². The predicted molar refractivity (Wildman–Crippen MR) is 55.3 cm³/mol. The Morgan fingerprint density at radius 3 is 3.07 bits per heavy atom. The number of aromatic nitrogens is 1. The van der Waals surface area contributed by atoms with Crippen molar-refractivity contribution >= 4 is 11.7 Å². The number of amides is 1. The highest BCUT2D eigenvalue weighted by Crippen LogP contribution is 2.22. The van der Waals surface area contributed by atoms with Crippen LogP contribution in [0.25, 0.3) is 0 Å². The zero-order valence-electron chi connectivity index (χ0n) is 8.51. The van der Waals surface area contributed by atoms with Crippen molar-refractivity contribution in [3.05, 3.63) is 18.3 Å². The third-order valence-corrected chi connectivity index (χ3v) is 2.45. The summed E-state index contributed by atoms with van der Waals surface area (Å²) in [6.45, 7) is 0.726. The average Bonchev–Trinajstić information content (AvgIpc) is 2.53. The second-order valence-electron chi connectivity index (χ2n) is 3.54. The molecule has 0 radical (unpaired) electrons. The molecule has 5 nitrogen and oxygen atoms in total. The molecule has 2 N–H and O–H groups in total. The molecule has 1 aliphatic heterocycles. The molecule has 2 heterocycles. The molecule has 0 saturated carbocycles. The first-order chi connectivity index (χ1) is 7.18. The van der Waals surface area contributed by atoms with E-state index >= 15 is 0 Å². The van der Waals surface area contributed by atoms with Crippen LogP contribution in [0.5, 0.6) is 5.75 Å². The van der Waals surface area contributed by atoms with Crippen LogP contribution >= 0.6 is 0 Å². The van der Waals surface area contributed by atoms with Crippen LogP contribution in [0, 0.1) is 0 Å². The summed E-state index contributed by atoms with van der Waals surface area (Å²) in [4.78, 5) is 17.1. The van der Waals surface area contributed by atoms with Gasteiger partial charge in [0.1, 0.15) is 0 Å². The van der Waals surface area contributed by atoms with E-state index in [4.69, 9.17) is 10.5 Å². The topological polar surface area (TPSA) is 68.4 Å². The van der Waals surface area contributed by atoms with Gasteiger partial charge in [-0.15, -0.1) is 0 Å². The first kappa shape index (κ1) is 9.76. The summed E-state index contributed by atoms with van der Waals surface area (Å²) < 4.78 is 5.51. The Morgan fingerprint density at radius 1 is 1.67 bits per heavy atom. The molecule has 1 atom stereocenters. The second-order valence-corrected chi connectivity index (χ2v) is 3.54. The highest BCUT2D eigenvalue weighted by molar-refractivity contribution is 5.83. The highest BCUT2D eigenvalue weighted by Gasteiger charge is 2.31. The van der Waals surface area contributed by atoms with Gasteiger partial charge in [-0.1, -0.05) is 0 Å². The van der Waals surface area contributed by atoms with Gasteiger partial charge in [-0.3, -0.25) is 4.79 Å². The standard InChI is InChI=1S/C10H13N3O2/c1-13-6-4-8(10(13)14)15-7-3-2-5-12-9(7)11/h2-3,5,8H,4,6H2,1H3,(H2,11,12). The zero-order chi connectivity index (χ0) is 10.8. The lowest BCUT2D eigenvalue weighted by Crippen LogP contribution is -2.29. The van der Waals surface area contributed by atoms with Gasteiger partial charge >= 0.3 is 0 Å². The fraction of sp³-hybridized carbons (Fsp3) is 0.400. The number of anilines is 1. The van der Waals surface area contributed by atoms with Gasteiger partial charge in [0.15, 0.2) is 17.7 Å². The maximum absolute atomic E-state index is 11.6. The van der Waals surface area contributed by atoms with Gasteiger partial charge < -0.3 is 15.4 Å². The Bertz CT molecular complexity index is 381. The van der Waals surface area contributed by atoms with Gasteiger partial charge in [-0.2, -0.15) is 0 Å². The molecule has 1 fully saturated rings. The minimum absolute atomic E-state index is 0.00162. The van der Waals surface area contributed by atoms with Crippen LogP contribution in [0.1, 0.15) is 6.42 Å². The number of likely N-dealkylation sites (tertiary alicyclic amines) is 1. The lowest BCUT2D eigenvalue weighted by atomic mass is 10.3. The van der Waals surface area contributed by atoms with Crippen molar-refractivity contribution in [3.63, 3.8) is 0 Å². The first-order valence-corrected chi connectivity index (χ1v) is 4.80. The molecule has 1 amide bonds. The molecular weight excluding hydrogens is 194 g/mol. The van der Waals surface area contributed by atoms with Crippen molar-refractivity contribution in [1.82, 2.24) is 9.88 Å². The van der Waals surface area contributed by atoms with Crippen molar-refractivity contribution in [1.29, 1.82) is 0 Å². The smallest absolute Gasteiger partial charge is 0.263 e. The molecule has 1 aliphatic rings. The molecule has 0 aliphatic carbocycles. The lowest BCUT2D eigenvalue weighted by Gasteiger charge is -2.13. The van der Waals surface area contributed by atoms with Gasteiger partial charge in [0, 0.05) is 26.2 Å². The molecular formula is C10H13N3O2. The number of carbonyl (C=O) groups is 1. The fourth-order valence-corrected chi connectivity index (χ4v) is 1.56. The zero-order valence-corrected chi connectivity index (χ0v) is 8.51. The number of hydrogen-bond donors (Lipinski definition) is 1. The second kappa shape index (κ2) is 3.76. The quantitative estimate of drug-likeness (QED) is 0.756. The Morgan fingerprint density at radius 2 is 2.47 bits per heavy atom. The minimum Gasteiger partial charge on any atom is -0.477 e. The third-order valence-electron chi connectivity index (χ3n) is 2.45. The number of nitrogens with two attached hydrogens (primary N) is 1. The van der Waals surface area contributed by atoms with Crippen LogP contribution in [0.2, 0.25) is 0 Å². The van der Waals surface area contributed by atoms with E-state index in [0.717, 1.165) is 6.54 Å². The van der Waals surface area contributed by atoms with E-state index in [0.29, 0.717) is 18.0 Å². The lowest BCUT2D eigenvalue weighted by molar-refractivity contribution is -0.132. The van der Waals surface area contributed by atoms with Crippen LogP contribution in [0.15, 0.2) is 18.3 Å². The van der Waals surface area contributed by atoms with Gasteiger partial charge in [0.25, 0.3) is 5.91 Å².